The van der Waals surface area contributed by atoms with Crippen LogP contribution in [0.25, 0.3) is 28.0 Å². The van der Waals surface area contributed by atoms with Crippen LogP contribution in [-0.2, 0) is 16.6 Å². The number of nitrogens with one attached hydrogen (secondary N) is 1. The maximum Gasteiger partial charge on any atom is 0.356 e. The first-order chi connectivity index (χ1) is 20.4. The second-order valence-corrected chi connectivity index (χ2v) is 9.50. The fourth-order valence-electron chi connectivity index (χ4n) is 4.95. The summed E-state index contributed by atoms with van der Waals surface area (Å²) in [6.45, 7) is 3.16. The first-order valence-corrected chi connectivity index (χ1v) is 13.2. The summed E-state index contributed by atoms with van der Waals surface area (Å²) >= 11 is 0. The molecule has 1 amide bonds. The third-order valence-corrected chi connectivity index (χ3v) is 7.01. The molecule has 214 valence electrons. The summed E-state index contributed by atoms with van der Waals surface area (Å²) in [5, 5.41) is 16.2. The van der Waals surface area contributed by atoms with Gasteiger partial charge in [0.2, 0.25) is 5.95 Å². The molecule has 0 aliphatic carbocycles. The van der Waals surface area contributed by atoms with Crippen LogP contribution in [0.5, 0.6) is 0 Å². The predicted molar refractivity (Wildman–Crippen MR) is 146 cm³/mol. The van der Waals surface area contributed by atoms with Crippen LogP contribution in [0, 0.1) is 5.82 Å². The number of benzene rings is 1. The molecule has 0 atom stereocenters. The average molecular weight is 573 g/mol. The summed E-state index contributed by atoms with van der Waals surface area (Å²) in [4.78, 5) is 49.2. The Balaban J connectivity index is 1.21. The number of anilines is 1. The van der Waals surface area contributed by atoms with Crippen molar-refractivity contribution in [2.24, 2.45) is 7.05 Å². The number of halogens is 1. The van der Waals surface area contributed by atoms with Crippen molar-refractivity contribution in [3.05, 3.63) is 65.9 Å². The fourth-order valence-corrected chi connectivity index (χ4v) is 4.95. The number of tetrazole rings is 1. The first-order valence-electron chi connectivity index (χ1n) is 13.2. The molecule has 6 rings (SSSR count). The van der Waals surface area contributed by atoms with E-state index in [-0.39, 0.29) is 53.2 Å². The zero-order valence-electron chi connectivity index (χ0n) is 22.7. The molecule has 15 heteroatoms. The van der Waals surface area contributed by atoms with Crippen molar-refractivity contribution in [1.29, 1.82) is 0 Å². The van der Waals surface area contributed by atoms with Crippen molar-refractivity contribution in [3.8, 4) is 17.1 Å². The maximum atomic E-state index is 15.1. The van der Waals surface area contributed by atoms with E-state index in [1.165, 1.54) is 21.8 Å². The topological polar surface area (TPSA) is 157 Å². The molecule has 1 fully saturated rings. The minimum atomic E-state index is -0.854. The van der Waals surface area contributed by atoms with Gasteiger partial charge in [-0.1, -0.05) is 23.3 Å². The molecule has 0 saturated carbocycles. The molecule has 1 N–H and O–H groups in total. The average Bonchev–Trinajstić information content (AvgIpc) is 3.76. The van der Waals surface area contributed by atoms with Crippen LogP contribution in [0.1, 0.15) is 27.8 Å². The van der Waals surface area contributed by atoms with E-state index in [1.54, 1.807) is 18.7 Å². The van der Waals surface area contributed by atoms with Gasteiger partial charge in [0.05, 0.1) is 35.0 Å². The molecule has 0 bridgehead atoms. The largest absolute Gasteiger partial charge is 0.461 e. The van der Waals surface area contributed by atoms with E-state index in [9.17, 15) is 14.4 Å². The minimum Gasteiger partial charge on any atom is -0.461 e. The Hall–Kier alpha value is -5.47. The number of carbonyl (C=O) groups excluding carboxylic acids is 3. The van der Waals surface area contributed by atoms with Crippen LogP contribution in [0.15, 0.2) is 48.8 Å². The number of rotatable bonds is 7. The molecular weight excluding hydrogens is 547 g/mol. The highest BCUT2D eigenvalue weighted by molar-refractivity contribution is 6.45. The van der Waals surface area contributed by atoms with E-state index in [0.29, 0.717) is 19.0 Å². The first kappa shape index (κ1) is 26.7. The number of aromatic nitrogens is 8. The van der Waals surface area contributed by atoms with E-state index >= 15 is 4.39 Å². The van der Waals surface area contributed by atoms with Crippen LogP contribution < -0.4 is 4.90 Å². The maximum absolute atomic E-state index is 15.1. The third-order valence-electron chi connectivity index (χ3n) is 7.01. The number of aromatic amines is 1. The number of esters is 1. The van der Waals surface area contributed by atoms with Crippen LogP contribution in [0.4, 0.5) is 10.3 Å². The molecule has 1 aliphatic heterocycles. The van der Waals surface area contributed by atoms with E-state index in [0.717, 1.165) is 11.9 Å². The van der Waals surface area contributed by atoms with Gasteiger partial charge in [0.25, 0.3) is 11.7 Å². The van der Waals surface area contributed by atoms with Gasteiger partial charge >= 0.3 is 5.97 Å². The predicted octanol–water partition coefficient (Wildman–Crippen LogP) is 1.79. The van der Waals surface area contributed by atoms with Gasteiger partial charge in [-0.3, -0.25) is 14.3 Å². The number of ketones is 1. The molecule has 0 unspecified atom stereocenters. The number of nitrogens with zero attached hydrogens (tertiary/aromatic N) is 9. The number of aryl methyl sites for hydroxylation is 1. The lowest BCUT2D eigenvalue weighted by atomic mass is 10.1. The Kier molecular flexibility index (Phi) is 6.90. The Morgan fingerprint density at radius 1 is 1.10 bits per heavy atom. The zero-order valence-corrected chi connectivity index (χ0v) is 22.7. The summed E-state index contributed by atoms with van der Waals surface area (Å²) in [5.41, 5.74) is 1.52. The van der Waals surface area contributed by atoms with Crippen molar-refractivity contribution in [3.63, 3.8) is 0 Å². The van der Waals surface area contributed by atoms with E-state index in [1.807, 2.05) is 35.2 Å². The Labute approximate surface area is 237 Å². The molecule has 42 heavy (non-hydrogen) atoms. The van der Waals surface area contributed by atoms with Crippen LogP contribution in [0.2, 0.25) is 0 Å². The molecule has 0 radical (unpaired) electrons. The number of para-hydroxylation sites is 1. The normalized spacial score (nSPS) is 13.5. The lowest BCUT2D eigenvalue weighted by Crippen LogP contribution is -2.51. The molecule has 0 spiro atoms. The lowest BCUT2D eigenvalue weighted by molar-refractivity contribution is -0.126. The Morgan fingerprint density at radius 3 is 2.60 bits per heavy atom. The van der Waals surface area contributed by atoms with E-state index in [4.69, 9.17) is 4.74 Å². The standard InChI is InChI=1S/C27H25FN10O4/c1-3-42-26(41)20-13-19(32-35(20)2)22-23-21(18(28)15-30-22)17(14-29-23)24(39)25(40)36-9-11-37(12-10-36)27-31-33-34-38(27)16-7-5-4-6-8-16/h4-8,13-15,29H,3,9-12H2,1-2H3. The third kappa shape index (κ3) is 4.63. The van der Waals surface area contributed by atoms with Gasteiger partial charge in [0.15, 0.2) is 5.82 Å². The number of hydrogen-bond acceptors (Lipinski definition) is 10. The number of carbonyl (C=O) groups is 3. The number of amides is 1. The van der Waals surface area contributed by atoms with E-state index in [2.05, 4.69) is 30.6 Å². The Bertz CT molecular complexity index is 1800. The lowest BCUT2D eigenvalue weighted by Gasteiger charge is -2.34. The van der Waals surface area contributed by atoms with Gasteiger partial charge in [-0.05, 0) is 29.5 Å². The monoisotopic (exact) mass is 572 g/mol. The van der Waals surface area contributed by atoms with Gasteiger partial charge < -0.3 is 19.5 Å². The molecule has 5 heterocycles. The summed E-state index contributed by atoms with van der Waals surface area (Å²) in [7, 11) is 1.57. The number of Topliss-reactive ketones (excluding diaryl/α,β-unsaturated/α-hetero) is 1. The number of ether oxygens (including phenoxy) is 1. The molecule has 1 aromatic carbocycles. The van der Waals surface area contributed by atoms with Gasteiger partial charge in [0, 0.05) is 45.5 Å². The highest BCUT2D eigenvalue weighted by Gasteiger charge is 2.31. The highest BCUT2D eigenvalue weighted by Crippen LogP contribution is 2.30. The number of piperazine rings is 1. The summed E-state index contributed by atoms with van der Waals surface area (Å²) in [6, 6.07) is 10.9. The van der Waals surface area contributed by atoms with Crippen molar-refractivity contribution in [2.45, 2.75) is 6.92 Å². The number of H-pyrrole nitrogens is 1. The smallest absolute Gasteiger partial charge is 0.356 e. The van der Waals surface area contributed by atoms with Crippen molar-refractivity contribution < 1.29 is 23.5 Å². The zero-order chi connectivity index (χ0) is 29.4. The van der Waals surface area contributed by atoms with Crippen molar-refractivity contribution >= 4 is 34.5 Å². The quantitative estimate of drug-likeness (QED) is 0.173. The van der Waals surface area contributed by atoms with Gasteiger partial charge in [-0.2, -0.15) is 9.78 Å². The summed E-state index contributed by atoms with van der Waals surface area (Å²) in [6.07, 6.45) is 2.25. The summed E-state index contributed by atoms with van der Waals surface area (Å²) in [5.74, 6) is -2.42. The number of pyridine rings is 1. The molecule has 1 aliphatic rings. The molecule has 14 nitrogen and oxygen atoms in total. The van der Waals surface area contributed by atoms with Crippen molar-refractivity contribution in [1.82, 2.24) is 44.9 Å². The Morgan fingerprint density at radius 2 is 1.86 bits per heavy atom. The SMILES string of the molecule is CCOC(=O)c1cc(-c2ncc(F)c3c(C(=O)C(=O)N4CCN(c5nnnn5-c5ccccc5)CC4)c[nH]c23)nn1C. The summed E-state index contributed by atoms with van der Waals surface area (Å²) < 4.78 is 23.0. The molecule has 5 aromatic rings. The number of hydrogen-bond donors (Lipinski definition) is 1. The van der Waals surface area contributed by atoms with Gasteiger partial charge in [-0.15, -0.1) is 0 Å². The van der Waals surface area contributed by atoms with Gasteiger partial charge in [-0.25, -0.2) is 14.2 Å². The van der Waals surface area contributed by atoms with Crippen LogP contribution in [0.3, 0.4) is 0 Å². The molecule has 1 saturated heterocycles. The fraction of sp³-hybridized carbons (Fsp3) is 0.259. The molecular formula is C27H25FN10O4. The highest BCUT2D eigenvalue weighted by atomic mass is 19.1. The minimum absolute atomic E-state index is 0.0811. The van der Waals surface area contributed by atoms with Gasteiger partial charge in [0.1, 0.15) is 17.1 Å². The van der Waals surface area contributed by atoms with Crippen molar-refractivity contribution in [2.75, 3.05) is 37.7 Å². The second kappa shape index (κ2) is 10.8. The van der Waals surface area contributed by atoms with E-state index < -0.39 is 23.5 Å². The molecule has 4 aromatic heterocycles. The van der Waals surface area contributed by atoms with Crippen LogP contribution >= 0.6 is 0 Å². The number of fused-ring (bicyclic) bond motifs is 1. The second-order valence-electron chi connectivity index (χ2n) is 9.50. The van der Waals surface area contributed by atoms with Crippen LogP contribution in [-0.4, -0.2) is 95.3 Å².